The maximum absolute atomic E-state index is 13.2. The van der Waals surface area contributed by atoms with Crippen LogP contribution in [0.5, 0.6) is 11.5 Å². The van der Waals surface area contributed by atoms with Gasteiger partial charge in [0.2, 0.25) is 11.8 Å². The maximum Gasteiger partial charge on any atom is 0.248 e. The molecule has 1 N–H and O–H groups in total. The molecule has 2 amide bonds. The second-order valence-electron chi connectivity index (χ2n) is 8.12. The van der Waals surface area contributed by atoms with Crippen LogP contribution in [0.3, 0.4) is 0 Å². The fourth-order valence-corrected chi connectivity index (χ4v) is 4.21. The monoisotopic (exact) mass is 440 g/mol. The molecule has 1 aliphatic heterocycles. The van der Waals surface area contributed by atoms with Gasteiger partial charge in [-0.3, -0.25) is 9.59 Å². The molecule has 3 atom stereocenters. The Bertz CT molecular complexity index is 918. The first kappa shape index (κ1) is 23.6. The summed E-state index contributed by atoms with van der Waals surface area (Å²) in [5, 5.41) is 3.12. The number of nitrogens with one attached hydrogen (secondary N) is 1. The van der Waals surface area contributed by atoms with E-state index in [9.17, 15) is 9.59 Å². The molecule has 0 aromatic heterocycles. The molecule has 1 aliphatic rings. The molecule has 0 saturated carbocycles. The highest BCUT2D eigenvalue weighted by Gasteiger charge is 2.35. The molecule has 1 fully saturated rings. The van der Waals surface area contributed by atoms with Gasteiger partial charge in [-0.25, -0.2) is 0 Å². The Hall–Kier alpha value is -3.06. The van der Waals surface area contributed by atoms with Gasteiger partial charge in [-0.1, -0.05) is 36.4 Å². The van der Waals surface area contributed by atoms with Crippen LogP contribution in [0.25, 0.3) is 0 Å². The van der Waals surface area contributed by atoms with Crippen molar-refractivity contribution in [2.75, 3.05) is 41.0 Å². The standard InChI is InChI=1S/C25H32N2O5/c1-17(18-8-6-5-7-9-18)26-25(29)21-12-20(14-27(15-21)24(28)16-30-2)19-10-11-22(31-3)23(13-19)32-4/h5-11,13,17,20-21H,12,14-16H2,1-4H3,(H,26,29). The molecule has 172 valence electrons. The normalized spacial score (nSPS) is 19.2. The van der Waals surface area contributed by atoms with E-state index < -0.39 is 0 Å². The number of carbonyl (C=O) groups excluding carboxylic acids is 2. The summed E-state index contributed by atoms with van der Waals surface area (Å²) in [6.07, 6.45) is 0.638. The first-order valence-electron chi connectivity index (χ1n) is 10.8. The number of piperidine rings is 1. The Balaban J connectivity index is 1.81. The highest BCUT2D eigenvalue weighted by molar-refractivity contribution is 5.82. The Labute approximate surface area is 189 Å². The van der Waals surface area contributed by atoms with Gasteiger partial charge >= 0.3 is 0 Å². The zero-order chi connectivity index (χ0) is 23.1. The van der Waals surface area contributed by atoms with Crippen molar-refractivity contribution in [1.29, 1.82) is 0 Å². The van der Waals surface area contributed by atoms with Crippen LogP contribution in [0.4, 0.5) is 0 Å². The number of hydrogen-bond acceptors (Lipinski definition) is 5. The predicted octanol–water partition coefficient (Wildman–Crippen LogP) is 3.16. The Morgan fingerprint density at radius 2 is 1.75 bits per heavy atom. The predicted molar refractivity (Wildman–Crippen MR) is 122 cm³/mol. The lowest BCUT2D eigenvalue weighted by atomic mass is 9.83. The zero-order valence-corrected chi connectivity index (χ0v) is 19.2. The summed E-state index contributed by atoms with van der Waals surface area (Å²) in [6.45, 7) is 2.86. The Morgan fingerprint density at radius 1 is 1.03 bits per heavy atom. The number of carbonyl (C=O) groups is 2. The molecule has 1 heterocycles. The molecule has 0 bridgehead atoms. The van der Waals surface area contributed by atoms with Crippen molar-refractivity contribution in [3.8, 4) is 11.5 Å². The summed E-state index contributed by atoms with van der Waals surface area (Å²) >= 11 is 0. The van der Waals surface area contributed by atoms with Crippen molar-refractivity contribution in [2.24, 2.45) is 5.92 Å². The van der Waals surface area contributed by atoms with Crippen LogP contribution in [0.1, 0.15) is 36.4 Å². The molecule has 7 heteroatoms. The number of methoxy groups -OCH3 is 3. The van der Waals surface area contributed by atoms with Crippen LogP contribution < -0.4 is 14.8 Å². The summed E-state index contributed by atoms with van der Waals surface area (Å²) in [6, 6.07) is 15.5. The quantitative estimate of drug-likeness (QED) is 0.682. The number of hydrogen-bond donors (Lipinski definition) is 1. The summed E-state index contributed by atoms with van der Waals surface area (Å²) < 4.78 is 15.9. The molecule has 7 nitrogen and oxygen atoms in total. The molecule has 0 spiro atoms. The highest BCUT2D eigenvalue weighted by atomic mass is 16.5. The molecule has 2 aromatic rings. The van der Waals surface area contributed by atoms with Crippen molar-refractivity contribution in [1.82, 2.24) is 10.2 Å². The molecule has 1 saturated heterocycles. The van der Waals surface area contributed by atoms with Crippen molar-refractivity contribution >= 4 is 11.8 Å². The summed E-state index contributed by atoms with van der Waals surface area (Å²) in [5.74, 6) is 0.767. The molecule has 0 radical (unpaired) electrons. The zero-order valence-electron chi connectivity index (χ0n) is 19.2. The third-order valence-electron chi connectivity index (χ3n) is 5.98. The molecule has 32 heavy (non-hydrogen) atoms. The number of nitrogens with zero attached hydrogens (tertiary/aromatic N) is 1. The number of ether oxygens (including phenoxy) is 3. The van der Waals surface area contributed by atoms with E-state index in [0.29, 0.717) is 31.0 Å². The second-order valence-corrected chi connectivity index (χ2v) is 8.12. The van der Waals surface area contributed by atoms with Crippen LogP contribution in [0.2, 0.25) is 0 Å². The van der Waals surface area contributed by atoms with Crippen molar-refractivity contribution < 1.29 is 23.8 Å². The van der Waals surface area contributed by atoms with E-state index in [1.54, 1.807) is 19.1 Å². The summed E-state index contributed by atoms with van der Waals surface area (Å²) in [7, 11) is 4.69. The first-order valence-corrected chi connectivity index (χ1v) is 10.8. The van der Waals surface area contributed by atoms with Gasteiger partial charge < -0.3 is 24.4 Å². The minimum Gasteiger partial charge on any atom is -0.493 e. The average molecular weight is 441 g/mol. The van der Waals surface area contributed by atoms with Gasteiger partial charge in [-0.15, -0.1) is 0 Å². The smallest absolute Gasteiger partial charge is 0.248 e. The van der Waals surface area contributed by atoms with Crippen LogP contribution in [0.15, 0.2) is 48.5 Å². The van der Waals surface area contributed by atoms with Gasteiger partial charge in [0.05, 0.1) is 26.2 Å². The van der Waals surface area contributed by atoms with Crippen LogP contribution >= 0.6 is 0 Å². The highest BCUT2D eigenvalue weighted by Crippen LogP contribution is 2.36. The lowest BCUT2D eigenvalue weighted by Gasteiger charge is -2.38. The van der Waals surface area contributed by atoms with Crippen LogP contribution in [-0.2, 0) is 14.3 Å². The number of amides is 2. The minimum atomic E-state index is -0.325. The fourth-order valence-electron chi connectivity index (χ4n) is 4.21. The van der Waals surface area contributed by atoms with Gasteiger partial charge in [0.25, 0.3) is 0 Å². The second kappa shape index (κ2) is 11.0. The number of likely N-dealkylation sites (tertiary alicyclic amines) is 1. The van der Waals surface area contributed by atoms with Gasteiger partial charge in [-0.2, -0.15) is 0 Å². The number of rotatable bonds is 8. The van der Waals surface area contributed by atoms with Gasteiger partial charge in [-0.05, 0) is 36.6 Å². The van der Waals surface area contributed by atoms with Crippen LogP contribution in [0, 0.1) is 5.92 Å². The minimum absolute atomic E-state index is 0.00654. The SMILES string of the molecule is COCC(=O)N1CC(C(=O)NC(C)c2ccccc2)CC(c2ccc(OC)c(OC)c2)C1. The van der Waals surface area contributed by atoms with Crippen molar-refractivity contribution in [3.63, 3.8) is 0 Å². The van der Waals surface area contributed by atoms with E-state index in [4.69, 9.17) is 14.2 Å². The topological polar surface area (TPSA) is 77.1 Å². The third kappa shape index (κ3) is 5.59. The van der Waals surface area contributed by atoms with Crippen molar-refractivity contribution in [2.45, 2.75) is 25.3 Å². The van der Waals surface area contributed by atoms with Crippen molar-refractivity contribution in [3.05, 3.63) is 59.7 Å². The van der Waals surface area contributed by atoms with E-state index >= 15 is 0 Å². The van der Waals surface area contributed by atoms with E-state index in [1.165, 1.54) is 7.11 Å². The van der Waals surface area contributed by atoms with E-state index in [-0.39, 0.29) is 36.3 Å². The van der Waals surface area contributed by atoms with E-state index in [2.05, 4.69) is 5.32 Å². The molecule has 0 aliphatic carbocycles. The van der Waals surface area contributed by atoms with Crippen LogP contribution in [-0.4, -0.2) is 57.7 Å². The van der Waals surface area contributed by atoms with E-state index in [0.717, 1.165) is 11.1 Å². The molecule has 3 unspecified atom stereocenters. The lowest BCUT2D eigenvalue weighted by Crippen LogP contribution is -2.49. The van der Waals surface area contributed by atoms with Gasteiger partial charge in [0.15, 0.2) is 11.5 Å². The fraction of sp³-hybridized carbons (Fsp3) is 0.440. The molecule has 3 rings (SSSR count). The van der Waals surface area contributed by atoms with Gasteiger partial charge in [0, 0.05) is 26.1 Å². The molecule has 2 aromatic carbocycles. The molecular formula is C25H32N2O5. The van der Waals surface area contributed by atoms with Gasteiger partial charge in [0.1, 0.15) is 6.61 Å². The van der Waals surface area contributed by atoms with E-state index in [1.807, 2.05) is 55.5 Å². The maximum atomic E-state index is 13.2. The summed E-state index contributed by atoms with van der Waals surface area (Å²) in [5.41, 5.74) is 2.05. The average Bonchev–Trinajstić information content (AvgIpc) is 2.83. The Kier molecular flexibility index (Phi) is 8.11. The summed E-state index contributed by atoms with van der Waals surface area (Å²) in [4.78, 5) is 27.5. The third-order valence-corrected chi connectivity index (χ3v) is 5.98. The largest absolute Gasteiger partial charge is 0.493 e. The number of benzene rings is 2. The molecular weight excluding hydrogens is 408 g/mol. The lowest BCUT2D eigenvalue weighted by molar-refractivity contribution is -0.139. The first-order chi connectivity index (χ1) is 15.5. The Morgan fingerprint density at radius 3 is 2.41 bits per heavy atom.